The molecule has 1 atom stereocenters. The third-order valence-electron chi connectivity index (χ3n) is 3.71. The molecule has 0 fully saturated rings. The highest BCUT2D eigenvalue weighted by Crippen LogP contribution is 2.41. The first-order chi connectivity index (χ1) is 8.67. The monoisotopic (exact) mass is 268 g/mol. The normalized spacial score (nSPS) is 19.3. The molecule has 0 saturated heterocycles. The van der Waals surface area contributed by atoms with Crippen molar-refractivity contribution in [3.63, 3.8) is 0 Å². The topological polar surface area (TPSA) is 38.5 Å². The second-order valence-electron chi connectivity index (χ2n) is 4.88. The molecule has 0 aromatic heterocycles. The molecule has 0 bridgehead atoms. The predicted molar refractivity (Wildman–Crippen MR) is 76.9 cm³/mol. The SMILES string of the molecule is COc1cc2c(cc1Cl)N(C)CCCC2CCN. The molecular formula is C14H21ClN2O. The van der Waals surface area contributed by atoms with Gasteiger partial charge in [-0.3, -0.25) is 0 Å². The summed E-state index contributed by atoms with van der Waals surface area (Å²) >= 11 is 6.23. The molecule has 1 aliphatic heterocycles. The number of ether oxygens (including phenoxy) is 1. The van der Waals surface area contributed by atoms with Crippen LogP contribution in [0.1, 0.15) is 30.7 Å². The number of halogens is 1. The first kappa shape index (κ1) is 13.5. The molecule has 0 spiro atoms. The van der Waals surface area contributed by atoms with E-state index in [1.807, 2.05) is 6.07 Å². The van der Waals surface area contributed by atoms with E-state index in [-0.39, 0.29) is 0 Å². The summed E-state index contributed by atoms with van der Waals surface area (Å²) < 4.78 is 5.33. The standard InChI is InChI=1S/C14H21ClN2O/c1-17-7-3-4-10(5-6-16)11-8-14(18-2)12(15)9-13(11)17/h8-10H,3-7,16H2,1-2H3. The fourth-order valence-electron chi connectivity index (χ4n) is 2.72. The molecule has 0 radical (unpaired) electrons. The molecule has 100 valence electrons. The molecular weight excluding hydrogens is 248 g/mol. The summed E-state index contributed by atoms with van der Waals surface area (Å²) in [6.45, 7) is 1.79. The Kier molecular flexibility index (Phi) is 4.36. The van der Waals surface area contributed by atoms with Crippen molar-refractivity contribution in [3.05, 3.63) is 22.7 Å². The highest BCUT2D eigenvalue weighted by atomic mass is 35.5. The van der Waals surface area contributed by atoms with Gasteiger partial charge in [-0.05, 0) is 49.4 Å². The molecule has 1 aromatic rings. The van der Waals surface area contributed by atoms with Crippen molar-refractivity contribution < 1.29 is 4.74 Å². The molecule has 4 heteroatoms. The lowest BCUT2D eigenvalue weighted by Crippen LogP contribution is -2.17. The number of nitrogens with two attached hydrogens (primary N) is 1. The summed E-state index contributed by atoms with van der Waals surface area (Å²) in [5.41, 5.74) is 8.27. The molecule has 2 N–H and O–H groups in total. The van der Waals surface area contributed by atoms with Crippen molar-refractivity contribution in [2.24, 2.45) is 5.73 Å². The summed E-state index contributed by atoms with van der Waals surface area (Å²) in [7, 11) is 3.78. The van der Waals surface area contributed by atoms with Crippen LogP contribution in [0, 0.1) is 0 Å². The molecule has 0 amide bonds. The smallest absolute Gasteiger partial charge is 0.137 e. The molecule has 1 unspecified atom stereocenters. The molecule has 3 nitrogen and oxygen atoms in total. The minimum Gasteiger partial charge on any atom is -0.495 e. The molecule has 18 heavy (non-hydrogen) atoms. The Morgan fingerprint density at radius 2 is 2.28 bits per heavy atom. The molecule has 1 aliphatic rings. The molecule has 1 heterocycles. The summed E-state index contributed by atoms with van der Waals surface area (Å²) in [6, 6.07) is 4.10. The van der Waals surface area contributed by atoms with Gasteiger partial charge in [0.2, 0.25) is 0 Å². The van der Waals surface area contributed by atoms with Crippen LogP contribution in [-0.4, -0.2) is 27.2 Å². The zero-order valence-corrected chi connectivity index (χ0v) is 11.8. The van der Waals surface area contributed by atoms with Crippen molar-refractivity contribution in [2.45, 2.75) is 25.2 Å². The Balaban J connectivity index is 2.47. The lowest BCUT2D eigenvalue weighted by Gasteiger charge is -2.23. The van der Waals surface area contributed by atoms with E-state index in [0.29, 0.717) is 10.9 Å². The van der Waals surface area contributed by atoms with Gasteiger partial charge in [-0.2, -0.15) is 0 Å². The zero-order valence-electron chi connectivity index (χ0n) is 11.1. The number of anilines is 1. The van der Waals surface area contributed by atoms with Crippen molar-refractivity contribution in [3.8, 4) is 5.75 Å². The van der Waals surface area contributed by atoms with Crippen LogP contribution in [0.4, 0.5) is 5.69 Å². The van der Waals surface area contributed by atoms with Crippen molar-refractivity contribution in [2.75, 3.05) is 32.1 Å². The average Bonchev–Trinajstić information content (AvgIpc) is 2.50. The van der Waals surface area contributed by atoms with Crippen LogP contribution in [0.2, 0.25) is 5.02 Å². The number of rotatable bonds is 3. The summed E-state index contributed by atoms with van der Waals surface area (Å²) in [6.07, 6.45) is 3.39. The van der Waals surface area contributed by atoms with Gasteiger partial charge in [0.15, 0.2) is 0 Å². The van der Waals surface area contributed by atoms with E-state index in [9.17, 15) is 0 Å². The second-order valence-corrected chi connectivity index (χ2v) is 5.29. The van der Waals surface area contributed by atoms with Crippen LogP contribution in [0.3, 0.4) is 0 Å². The minimum atomic E-state index is 0.515. The lowest BCUT2D eigenvalue weighted by atomic mass is 9.91. The number of fused-ring (bicyclic) bond motifs is 1. The van der Waals surface area contributed by atoms with E-state index in [1.54, 1.807) is 7.11 Å². The van der Waals surface area contributed by atoms with Crippen LogP contribution in [-0.2, 0) is 0 Å². The molecule has 2 rings (SSSR count). The number of benzene rings is 1. The number of hydrogen-bond acceptors (Lipinski definition) is 3. The Hall–Kier alpha value is -0.930. The van der Waals surface area contributed by atoms with E-state index >= 15 is 0 Å². The lowest BCUT2D eigenvalue weighted by molar-refractivity contribution is 0.413. The van der Waals surface area contributed by atoms with Crippen LogP contribution < -0.4 is 15.4 Å². The Labute approximate surface area is 114 Å². The van der Waals surface area contributed by atoms with Crippen molar-refractivity contribution in [1.82, 2.24) is 0 Å². The molecule has 0 aliphatic carbocycles. The first-order valence-corrected chi connectivity index (χ1v) is 6.83. The van der Waals surface area contributed by atoms with Gasteiger partial charge in [-0.25, -0.2) is 0 Å². The Morgan fingerprint density at radius 3 is 2.94 bits per heavy atom. The van der Waals surface area contributed by atoms with Crippen molar-refractivity contribution in [1.29, 1.82) is 0 Å². The van der Waals surface area contributed by atoms with Gasteiger partial charge in [0.1, 0.15) is 5.75 Å². The van der Waals surface area contributed by atoms with E-state index in [0.717, 1.165) is 25.3 Å². The quantitative estimate of drug-likeness (QED) is 0.916. The van der Waals surface area contributed by atoms with Crippen LogP contribution in [0.25, 0.3) is 0 Å². The largest absolute Gasteiger partial charge is 0.495 e. The van der Waals surface area contributed by atoms with E-state index in [1.165, 1.54) is 24.1 Å². The number of nitrogens with zero attached hydrogens (tertiary/aromatic N) is 1. The maximum absolute atomic E-state index is 6.23. The van der Waals surface area contributed by atoms with E-state index in [4.69, 9.17) is 22.1 Å². The van der Waals surface area contributed by atoms with Gasteiger partial charge >= 0.3 is 0 Å². The highest BCUT2D eigenvalue weighted by molar-refractivity contribution is 6.32. The fourth-order valence-corrected chi connectivity index (χ4v) is 2.96. The van der Waals surface area contributed by atoms with Crippen molar-refractivity contribution >= 4 is 17.3 Å². The van der Waals surface area contributed by atoms with Crippen LogP contribution >= 0.6 is 11.6 Å². The van der Waals surface area contributed by atoms with E-state index in [2.05, 4.69) is 18.0 Å². The summed E-state index contributed by atoms with van der Waals surface area (Å²) in [5, 5.41) is 0.677. The average molecular weight is 269 g/mol. The van der Waals surface area contributed by atoms with Gasteiger partial charge in [0.05, 0.1) is 12.1 Å². The van der Waals surface area contributed by atoms with Gasteiger partial charge in [0, 0.05) is 19.3 Å². The van der Waals surface area contributed by atoms with Crippen LogP contribution in [0.5, 0.6) is 5.75 Å². The summed E-state index contributed by atoms with van der Waals surface area (Å²) in [4.78, 5) is 2.27. The van der Waals surface area contributed by atoms with Crippen LogP contribution in [0.15, 0.2) is 12.1 Å². The number of hydrogen-bond donors (Lipinski definition) is 1. The second kappa shape index (κ2) is 5.81. The molecule has 1 aromatic carbocycles. The maximum atomic E-state index is 6.23. The number of methoxy groups -OCH3 is 1. The Morgan fingerprint density at radius 1 is 1.50 bits per heavy atom. The van der Waals surface area contributed by atoms with Gasteiger partial charge in [-0.1, -0.05) is 11.6 Å². The predicted octanol–water partition coefficient (Wildman–Crippen LogP) is 3.01. The van der Waals surface area contributed by atoms with Gasteiger partial charge < -0.3 is 15.4 Å². The third-order valence-corrected chi connectivity index (χ3v) is 4.01. The van der Waals surface area contributed by atoms with Gasteiger partial charge in [0.25, 0.3) is 0 Å². The first-order valence-electron chi connectivity index (χ1n) is 6.46. The molecule has 0 saturated carbocycles. The zero-order chi connectivity index (χ0) is 13.1. The summed E-state index contributed by atoms with van der Waals surface area (Å²) in [5.74, 6) is 1.27. The fraction of sp³-hybridized carbons (Fsp3) is 0.571. The minimum absolute atomic E-state index is 0.515. The van der Waals surface area contributed by atoms with Gasteiger partial charge in [-0.15, -0.1) is 0 Å². The van der Waals surface area contributed by atoms with E-state index < -0.39 is 0 Å². The Bertz CT molecular complexity index is 423. The third kappa shape index (κ3) is 2.57. The highest BCUT2D eigenvalue weighted by Gasteiger charge is 2.22. The maximum Gasteiger partial charge on any atom is 0.137 e.